The Labute approximate surface area is 133 Å². The molecule has 1 aromatic rings. The lowest BCUT2D eigenvalue weighted by atomic mass is 9.75. The summed E-state index contributed by atoms with van der Waals surface area (Å²) in [7, 11) is 0. The standard InChI is InChI=1S/C18H27ClN2/c1-13(20)11-15-7-4-8-17(19)18(15)21-10-9-14-5-2-3-6-16(14)12-21/h4,7-8,13-14,16H,2-3,5-6,9-12,20H2,1H3. The summed E-state index contributed by atoms with van der Waals surface area (Å²) in [6.07, 6.45) is 7.91. The third kappa shape index (κ3) is 3.37. The van der Waals surface area contributed by atoms with Crippen LogP contribution in [-0.2, 0) is 6.42 Å². The number of benzene rings is 1. The molecule has 116 valence electrons. The summed E-state index contributed by atoms with van der Waals surface area (Å²) in [6.45, 7) is 4.40. The first-order valence-corrected chi connectivity index (χ1v) is 8.81. The number of para-hydroxylation sites is 1. The number of fused-ring (bicyclic) bond motifs is 1. The van der Waals surface area contributed by atoms with Gasteiger partial charge in [-0.25, -0.2) is 0 Å². The number of rotatable bonds is 3. The maximum Gasteiger partial charge on any atom is 0.0642 e. The molecule has 1 aliphatic carbocycles. The SMILES string of the molecule is CC(N)Cc1cccc(Cl)c1N1CCC2CCCCC2C1. The minimum atomic E-state index is 0.175. The van der Waals surface area contributed by atoms with E-state index >= 15 is 0 Å². The van der Waals surface area contributed by atoms with Crippen molar-refractivity contribution in [3.8, 4) is 0 Å². The van der Waals surface area contributed by atoms with Crippen LogP contribution in [0.4, 0.5) is 5.69 Å². The number of hydrogen-bond acceptors (Lipinski definition) is 2. The molecular formula is C18H27ClN2. The van der Waals surface area contributed by atoms with Crippen LogP contribution in [0.3, 0.4) is 0 Å². The molecule has 0 bridgehead atoms. The third-order valence-electron chi connectivity index (χ3n) is 5.22. The minimum absolute atomic E-state index is 0.175. The van der Waals surface area contributed by atoms with Crippen LogP contribution in [-0.4, -0.2) is 19.1 Å². The number of hydrogen-bond donors (Lipinski definition) is 1. The molecule has 3 heteroatoms. The van der Waals surface area contributed by atoms with E-state index in [0.717, 1.165) is 29.8 Å². The first-order chi connectivity index (χ1) is 10.1. The molecule has 2 nitrogen and oxygen atoms in total. The van der Waals surface area contributed by atoms with Crippen molar-refractivity contribution < 1.29 is 0 Å². The van der Waals surface area contributed by atoms with E-state index in [1.54, 1.807) is 0 Å². The second kappa shape index (κ2) is 6.58. The van der Waals surface area contributed by atoms with Gasteiger partial charge in [-0.15, -0.1) is 0 Å². The van der Waals surface area contributed by atoms with Gasteiger partial charge in [0.2, 0.25) is 0 Å². The maximum atomic E-state index is 6.54. The van der Waals surface area contributed by atoms with Gasteiger partial charge in [0.15, 0.2) is 0 Å². The highest BCUT2D eigenvalue weighted by Gasteiger charge is 2.32. The summed E-state index contributed by atoms with van der Waals surface area (Å²) in [6, 6.07) is 6.44. The van der Waals surface area contributed by atoms with Gasteiger partial charge in [0, 0.05) is 19.1 Å². The number of halogens is 1. The van der Waals surface area contributed by atoms with E-state index in [0.29, 0.717) is 0 Å². The van der Waals surface area contributed by atoms with Gasteiger partial charge in [-0.1, -0.05) is 43.0 Å². The Morgan fingerprint density at radius 3 is 2.76 bits per heavy atom. The van der Waals surface area contributed by atoms with Crippen LogP contribution in [0.2, 0.25) is 5.02 Å². The normalized spacial score (nSPS) is 27.3. The average Bonchev–Trinajstić information content (AvgIpc) is 2.46. The van der Waals surface area contributed by atoms with Crippen molar-refractivity contribution in [1.29, 1.82) is 0 Å². The molecule has 0 amide bonds. The van der Waals surface area contributed by atoms with Crippen LogP contribution in [0, 0.1) is 11.8 Å². The van der Waals surface area contributed by atoms with E-state index in [9.17, 15) is 0 Å². The van der Waals surface area contributed by atoms with E-state index < -0.39 is 0 Å². The Balaban J connectivity index is 1.82. The highest BCUT2D eigenvalue weighted by molar-refractivity contribution is 6.33. The van der Waals surface area contributed by atoms with Crippen molar-refractivity contribution in [2.75, 3.05) is 18.0 Å². The van der Waals surface area contributed by atoms with Gasteiger partial charge >= 0.3 is 0 Å². The fourth-order valence-electron chi connectivity index (χ4n) is 4.23. The Morgan fingerprint density at radius 2 is 2.00 bits per heavy atom. The largest absolute Gasteiger partial charge is 0.370 e. The lowest BCUT2D eigenvalue weighted by molar-refractivity contribution is 0.202. The molecule has 1 heterocycles. The molecule has 21 heavy (non-hydrogen) atoms. The topological polar surface area (TPSA) is 29.3 Å². The fraction of sp³-hybridized carbons (Fsp3) is 0.667. The van der Waals surface area contributed by atoms with Gasteiger partial charge < -0.3 is 10.6 Å². The summed E-state index contributed by atoms with van der Waals surface area (Å²) in [5, 5.41) is 0.891. The lowest BCUT2D eigenvalue weighted by Gasteiger charge is -2.43. The van der Waals surface area contributed by atoms with Crippen LogP contribution >= 0.6 is 11.6 Å². The quantitative estimate of drug-likeness (QED) is 0.904. The number of nitrogens with two attached hydrogens (primary N) is 1. The first-order valence-electron chi connectivity index (χ1n) is 8.43. The highest BCUT2D eigenvalue weighted by atomic mass is 35.5. The molecule has 1 saturated carbocycles. The summed E-state index contributed by atoms with van der Waals surface area (Å²) in [5.74, 6) is 1.82. The van der Waals surface area contributed by atoms with Gasteiger partial charge in [0.1, 0.15) is 0 Å². The van der Waals surface area contributed by atoms with E-state index in [-0.39, 0.29) is 6.04 Å². The number of nitrogens with zero attached hydrogens (tertiary/aromatic N) is 1. The fourth-order valence-corrected chi connectivity index (χ4v) is 4.54. The average molecular weight is 307 g/mol. The van der Waals surface area contributed by atoms with Crippen molar-refractivity contribution in [1.82, 2.24) is 0 Å². The first kappa shape index (κ1) is 15.2. The second-order valence-electron chi connectivity index (χ2n) is 6.97. The second-order valence-corrected chi connectivity index (χ2v) is 7.38. The molecule has 2 N–H and O–H groups in total. The third-order valence-corrected chi connectivity index (χ3v) is 5.52. The van der Waals surface area contributed by atoms with Crippen molar-refractivity contribution in [3.63, 3.8) is 0 Å². The zero-order valence-electron chi connectivity index (χ0n) is 13.0. The summed E-state index contributed by atoms with van der Waals surface area (Å²) in [5.41, 5.74) is 8.58. The molecule has 2 fully saturated rings. The molecule has 2 aliphatic rings. The Hall–Kier alpha value is -0.730. The van der Waals surface area contributed by atoms with Crippen molar-refractivity contribution >= 4 is 17.3 Å². The van der Waals surface area contributed by atoms with Crippen LogP contribution in [0.1, 0.15) is 44.6 Å². The van der Waals surface area contributed by atoms with Crippen LogP contribution in [0.25, 0.3) is 0 Å². The van der Waals surface area contributed by atoms with Gasteiger partial charge in [-0.3, -0.25) is 0 Å². The Kier molecular flexibility index (Phi) is 4.75. The van der Waals surface area contributed by atoms with Gasteiger partial charge in [0.25, 0.3) is 0 Å². The zero-order valence-corrected chi connectivity index (χ0v) is 13.8. The van der Waals surface area contributed by atoms with Crippen LogP contribution in [0.15, 0.2) is 18.2 Å². The van der Waals surface area contributed by atoms with Gasteiger partial charge in [0.05, 0.1) is 10.7 Å². The molecule has 1 aliphatic heterocycles. The van der Waals surface area contributed by atoms with E-state index in [2.05, 4.69) is 24.0 Å². The zero-order chi connectivity index (χ0) is 14.8. The monoisotopic (exact) mass is 306 g/mol. The summed E-state index contributed by atoms with van der Waals surface area (Å²) < 4.78 is 0. The molecular weight excluding hydrogens is 280 g/mol. The lowest BCUT2D eigenvalue weighted by Crippen LogP contribution is -2.42. The molecule has 3 rings (SSSR count). The summed E-state index contributed by atoms with van der Waals surface area (Å²) >= 11 is 6.54. The van der Waals surface area contributed by atoms with Crippen molar-refractivity contribution in [2.24, 2.45) is 17.6 Å². The number of anilines is 1. The Morgan fingerprint density at radius 1 is 1.24 bits per heavy atom. The highest BCUT2D eigenvalue weighted by Crippen LogP contribution is 2.40. The molecule has 3 unspecified atom stereocenters. The van der Waals surface area contributed by atoms with E-state index in [1.165, 1.54) is 49.9 Å². The maximum absolute atomic E-state index is 6.54. The van der Waals surface area contributed by atoms with Gasteiger partial charge in [-0.05, 0) is 49.7 Å². The van der Waals surface area contributed by atoms with Crippen molar-refractivity contribution in [3.05, 3.63) is 28.8 Å². The molecule has 0 radical (unpaired) electrons. The summed E-state index contributed by atoms with van der Waals surface area (Å²) in [4.78, 5) is 2.53. The molecule has 1 aromatic carbocycles. The van der Waals surface area contributed by atoms with Crippen molar-refractivity contribution in [2.45, 2.75) is 51.5 Å². The Bertz CT molecular complexity index is 486. The van der Waals surface area contributed by atoms with E-state index in [1.807, 2.05) is 6.07 Å². The molecule has 3 atom stereocenters. The molecule has 0 aromatic heterocycles. The minimum Gasteiger partial charge on any atom is -0.370 e. The predicted octanol–water partition coefficient (Wildman–Crippen LogP) is 4.25. The van der Waals surface area contributed by atoms with E-state index in [4.69, 9.17) is 17.3 Å². The predicted molar refractivity (Wildman–Crippen MR) is 91.1 cm³/mol. The smallest absolute Gasteiger partial charge is 0.0642 e. The number of piperidine rings is 1. The van der Waals surface area contributed by atoms with Crippen LogP contribution < -0.4 is 10.6 Å². The van der Waals surface area contributed by atoms with Crippen LogP contribution in [0.5, 0.6) is 0 Å². The molecule has 0 spiro atoms. The van der Waals surface area contributed by atoms with Gasteiger partial charge in [-0.2, -0.15) is 0 Å². The molecule has 1 saturated heterocycles.